The van der Waals surface area contributed by atoms with Crippen molar-refractivity contribution in [3.8, 4) is 0 Å². The minimum atomic E-state index is 0.763. The van der Waals surface area contributed by atoms with E-state index in [9.17, 15) is 0 Å². The van der Waals surface area contributed by atoms with Gasteiger partial charge in [0, 0.05) is 18.3 Å². The molecule has 0 aliphatic heterocycles. The van der Waals surface area contributed by atoms with Crippen LogP contribution in [-0.4, -0.2) is 42.1 Å². The highest BCUT2D eigenvalue weighted by Gasteiger charge is 2.05. The van der Waals surface area contributed by atoms with Crippen LogP contribution in [0.2, 0.25) is 0 Å². The summed E-state index contributed by atoms with van der Waals surface area (Å²) in [6.45, 7) is 6.04. The van der Waals surface area contributed by atoms with Crippen molar-refractivity contribution in [1.29, 1.82) is 0 Å². The van der Waals surface area contributed by atoms with E-state index in [-0.39, 0.29) is 0 Å². The van der Waals surface area contributed by atoms with Crippen molar-refractivity contribution in [1.82, 2.24) is 14.9 Å². The Morgan fingerprint density at radius 2 is 1.83 bits per heavy atom. The van der Waals surface area contributed by atoms with Crippen molar-refractivity contribution in [3.63, 3.8) is 0 Å². The van der Waals surface area contributed by atoms with Gasteiger partial charge in [-0.2, -0.15) is 0 Å². The second-order valence-electron chi connectivity index (χ2n) is 5.90. The molecule has 5 heteroatoms. The highest BCUT2D eigenvalue weighted by atomic mass is 15.1. The number of nitrogens with zero attached hydrogens (tertiary/aromatic N) is 3. The smallest absolute Gasteiger partial charge is 0.136 e. The molecule has 124 valence electrons. The van der Waals surface area contributed by atoms with Crippen molar-refractivity contribution in [2.24, 2.45) is 0 Å². The first kappa shape index (κ1) is 17.2. The number of anilines is 3. The Kier molecular flexibility index (Phi) is 6.35. The van der Waals surface area contributed by atoms with Crippen molar-refractivity contribution < 1.29 is 0 Å². The summed E-state index contributed by atoms with van der Waals surface area (Å²) in [7, 11) is 4.17. The van der Waals surface area contributed by atoms with Gasteiger partial charge in [0.25, 0.3) is 0 Å². The van der Waals surface area contributed by atoms with Gasteiger partial charge in [0.2, 0.25) is 0 Å². The van der Waals surface area contributed by atoms with Gasteiger partial charge in [0.05, 0.1) is 0 Å². The first-order chi connectivity index (χ1) is 11.1. The van der Waals surface area contributed by atoms with E-state index in [0.29, 0.717) is 0 Å². The van der Waals surface area contributed by atoms with E-state index in [4.69, 9.17) is 0 Å². The first-order valence-electron chi connectivity index (χ1n) is 8.17. The van der Waals surface area contributed by atoms with E-state index >= 15 is 0 Å². The van der Waals surface area contributed by atoms with Gasteiger partial charge >= 0.3 is 0 Å². The van der Waals surface area contributed by atoms with Crippen LogP contribution in [0.25, 0.3) is 0 Å². The largest absolute Gasteiger partial charge is 0.370 e. The van der Waals surface area contributed by atoms with E-state index in [0.717, 1.165) is 49.1 Å². The van der Waals surface area contributed by atoms with E-state index in [1.807, 2.05) is 19.1 Å². The number of aryl methyl sites for hydroxylation is 2. The molecule has 1 aromatic heterocycles. The summed E-state index contributed by atoms with van der Waals surface area (Å²) in [5.41, 5.74) is 2.39. The molecule has 0 atom stereocenters. The van der Waals surface area contributed by atoms with E-state index in [2.05, 4.69) is 64.7 Å². The van der Waals surface area contributed by atoms with E-state index < -0.39 is 0 Å². The third-order valence-corrected chi connectivity index (χ3v) is 3.59. The Labute approximate surface area is 139 Å². The zero-order valence-electron chi connectivity index (χ0n) is 14.6. The van der Waals surface area contributed by atoms with E-state index in [1.165, 1.54) is 5.56 Å². The first-order valence-corrected chi connectivity index (χ1v) is 8.17. The summed E-state index contributed by atoms with van der Waals surface area (Å²) in [6, 6.07) is 10.3. The average Bonchev–Trinajstić information content (AvgIpc) is 2.51. The Morgan fingerprint density at radius 1 is 1.09 bits per heavy atom. The van der Waals surface area contributed by atoms with Crippen molar-refractivity contribution in [2.45, 2.75) is 26.7 Å². The Balaban J connectivity index is 2.05. The van der Waals surface area contributed by atoms with Crippen molar-refractivity contribution in [3.05, 3.63) is 41.7 Å². The number of aromatic nitrogens is 2. The number of para-hydroxylation sites is 1. The van der Waals surface area contributed by atoms with Gasteiger partial charge < -0.3 is 15.5 Å². The maximum atomic E-state index is 4.49. The van der Waals surface area contributed by atoms with E-state index in [1.54, 1.807) is 0 Å². The summed E-state index contributed by atoms with van der Waals surface area (Å²) in [4.78, 5) is 11.1. The predicted octanol–water partition coefficient (Wildman–Crippen LogP) is 3.45. The maximum absolute atomic E-state index is 4.49. The molecule has 0 saturated heterocycles. The molecule has 2 N–H and O–H groups in total. The number of hydrogen-bond donors (Lipinski definition) is 2. The number of hydrogen-bond acceptors (Lipinski definition) is 5. The third kappa shape index (κ3) is 5.53. The summed E-state index contributed by atoms with van der Waals surface area (Å²) in [5.74, 6) is 2.46. The quantitative estimate of drug-likeness (QED) is 0.731. The standard InChI is InChI=1S/C18H27N5/c1-5-15-9-6-7-10-16(15)22-18-13-17(20-14(2)21-18)19-11-8-12-23(3)4/h6-7,9-10,13H,5,8,11-12H2,1-4H3,(H2,19,20,21,22). The molecule has 0 radical (unpaired) electrons. The van der Waals surface area contributed by atoms with Gasteiger partial charge in [-0.05, 0) is 52.0 Å². The number of rotatable bonds is 8. The molecule has 0 amide bonds. The fourth-order valence-electron chi connectivity index (χ4n) is 2.42. The van der Waals surface area contributed by atoms with Crippen LogP contribution in [0, 0.1) is 6.92 Å². The lowest BCUT2D eigenvalue weighted by Crippen LogP contribution is -2.16. The minimum absolute atomic E-state index is 0.763. The molecule has 5 nitrogen and oxygen atoms in total. The average molecular weight is 313 g/mol. The van der Waals surface area contributed by atoms with Crippen molar-refractivity contribution >= 4 is 17.3 Å². The monoisotopic (exact) mass is 313 g/mol. The van der Waals surface area contributed by atoms with Crippen LogP contribution in [0.15, 0.2) is 30.3 Å². The Morgan fingerprint density at radius 3 is 2.57 bits per heavy atom. The third-order valence-electron chi connectivity index (χ3n) is 3.59. The molecule has 2 rings (SSSR count). The topological polar surface area (TPSA) is 53.1 Å². The normalized spacial score (nSPS) is 10.8. The molecule has 0 unspecified atom stereocenters. The lowest BCUT2D eigenvalue weighted by atomic mass is 10.1. The summed E-state index contributed by atoms with van der Waals surface area (Å²) >= 11 is 0. The minimum Gasteiger partial charge on any atom is -0.370 e. The van der Waals surface area contributed by atoms with Gasteiger partial charge in [-0.3, -0.25) is 0 Å². The number of benzene rings is 1. The predicted molar refractivity (Wildman–Crippen MR) is 97.5 cm³/mol. The van der Waals surface area contributed by atoms with Crippen LogP contribution < -0.4 is 10.6 Å². The van der Waals surface area contributed by atoms with Crippen LogP contribution in [0.1, 0.15) is 24.7 Å². The van der Waals surface area contributed by atoms with Gasteiger partial charge in [-0.25, -0.2) is 9.97 Å². The molecule has 2 aromatic rings. The van der Waals surface area contributed by atoms with Crippen molar-refractivity contribution in [2.75, 3.05) is 37.8 Å². The van der Waals surface area contributed by atoms with Crippen LogP contribution in [0.5, 0.6) is 0 Å². The molecule has 0 fully saturated rings. The molecule has 0 aliphatic rings. The SMILES string of the molecule is CCc1ccccc1Nc1cc(NCCCN(C)C)nc(C)n1. The number of nitrogens with one attached hydrogen (secondary N) is 2. The lowest BCUT2D eigenvalue weighted by molar-refractivity contribution is 0.405. The lowest BCUT2D eigenvalue weighted by Gasteiger charge is -2.13. The van der Waals surface area contributed by atoms with Gasteiger partial charge in [-0.15, -0.1) is 0 Å². The van der Waals surface area contributed by atoms with Crippen LogP contribution in [0.4, 0.5) is 17.3 Å². The highest BCUT2D eigenvalue weighted by molar-refractivity contribution is 5.62. The molecular weight excluding hydrogens is 286 g/mol. The second-order valence-corrected chi connectivity index (χ2v) is 5.90. The Hall–Kier alpha value is -2.14. The van der Waals surface area contributed by atoms with Gasteiger partial charge in [-0.1, -0.05) is 25.1 Å². The molecule has 0 bridgehead atoms. The molecule has 0 spiro atoms. The summed E-state index contributed by atoms with van der Waals surface area (Å²) in [5, 5.41) is 6.79. The fraction of sp³-hybridized carbons (Fsp3) is 0.444. The molecule has 1 aromatic carbocycles. The van der Waals surface area contributed by atoms with Crippen LogP contribution >= 0.6 is 0 Å². The summed E-state index contributed by atoms with van der Waals surface area (Å²) < 4.78 is 0. The molecule has 1 heterocycles. The molecule has 0 aliphatic carbocycles. The Bertz CT molecular complexity index is 625. The fourth-order valence-corrected chi connectivity index (χ4v) is 2.42. The van der Waals surface area contributed by atoms with Gasteiger partial charge in [0.15, 0.2) is 0 Å². The molecule has 0 saturated carbocycles. The zero-order chi connectivity index (χ0) is 16.7. The van der Waals surface area contributed by atoms with Crippen LogP contribution in [-0.2, 0) is 6.42 Å². The van der Waals surface area contributed by atoms with Gasteiger partial charge in [0.1, 0.15) is 17.5 Å². The molecule has 23 heavy (non-hydrogen) atoms. The van der Waals surface area contributed by atoms with Crippen LogP contribution in [0.3, 0.4) is 0 Å². The molecular formula is C18H27N5. The second kappa shape index (κ2) is 8.48. The summed E-state index contributed by atoms with van der Waals surface area (Å²) in [6.07, 6.45) is 2.07. The highest BCUT2D eigenvalue weighted by Crippen LogP contribution is 2.21. The zero-order valence-corrected chi connectivity index (χ0v) is 14.6. The maximum Gasteiger partial charge on any atom is 0.136 e.